The Balaban J connectivity index is 1.77. The van der Waals surface area contributed by atoms with E-state index in [4.69, 9.17) is 0 Å². The molecule has 0 atom stereocenters. The van der Waals surface area contributed by atoms with E-state index in [1.54, 1.807) is 11.8 Å². The zero-order valence-electron chi connectivity index (χ0n) is 14.9. The number of anilines is 1. The van der Waals surface area contributed by atoms with Crippen LogP contribution in [-0.4, -0.2) is 6.54 Å². The predicted molar refractivity (Wildman–Crippen MR) is 110 cm³/mol. The third-order valence-electron chi connectivity index (χ3n) is 4.84. The van der Waals surface area contributed by atoms with Gasteiger partial charge < -0.3 is 4.90 Å². The normalized spacial score (nSPS) is 17.6. The molecule has 0 N–H and O–H groups in total. The van der Waals surface area contributed by atoms with E-state index in [-0.39, 0.29) is 5.57 Å². The van der Waals surface area contributed by atoms with Crippen LogP contribution in [0.3, 0.4) is 0 Å². The fourth-order valence-corrected chi connectivity index (χ4v) is 4.76. The second kappa shape index (κ2) is 7.19. The van der Waals surface area contributed by atoms with Crippen LogP contribution in [0.15, 0.2) is 81.8 Å². The SMILES string of the molecule is CCN1/C(=C/C=C2\Cc3ccccc3C2=C(C#N)C#N)Sc2ccccc21. The van der Waals surface area contributed by atoms with Gasteiger partial charge in [-0.2, -0.15) is 10.5 Å². The first-order chi connectivity index (χ1) is 13.3. The Labute approximate surface area is 163 Å². The predicted octanol–water partition coefficient (Wildman–Crippen LogP) is 5.44. The first kappa shape index (κ1) is 17.2. The maximum atomic E-state index is 9.42. The van der Waals surface area contributed by atoms with Gasteiger partial charge in [-0.1, -0.05) is 54.2 Å². The molecule has 1 aliphatic carbocycles. The quantitative estimate of drug-likeness (QED) is 0.663. The lowest BCUT2D eigenvalue weighted by Crippen LogP contribution is -2.16. The van der Waals surface area contributed by atoms with Gasteiger partial charge in [0.15, 0.2) is 0 Å². The molecule has 27 heavy (non-hydrogen) atoms. The molecule has 0 amide bonds. The van der Waals surface area contributed by atoms with Crippen molar-refractivity contribution in [3.05, 3.63) is 88.0 Å². The minimum atomic E-state index is 0.180. The van der Waals surface area contributed by atoms with Gasteiger partial charge >= 0.3 is 0 Å². The summed E-state index contributed by atoms with van der Waals surface area (Å²) in [6, 6.07) is 20.5. The maximum absolute atomic E-state index is 9.42. The molecule has 0 unspecified atom stereocenters. The molecule has 0 saturated carbocycles. The minimum absolute atomic E-state index is 0.180. The zero-order valence-corrected chi connectivity index (χ0v) is 15.8. The highest BCUT2D eigenvalue weighted by Gasteiger charge is 2.25. The Hall–Kier alpha value is -3.21. The molecule has 130 valence electrons. The second-order valence-corrected chi connectivity index (χ2v) is 7.38. The number of nitriles is 2. The Morgan fingerprint density at radius 3 is 2.59 bits per heavy atom. The monoisotopic (exact) mass is 367 g/mol. The summed E-state index contributed by atoms with van der Waals surface area (Å²) in [5.41, 5.74) is 5.37. The van der Waals surface area contributed by atoms with E-state index < -0.39 is 0 Å². The van der Waals surface area contributed by atoms with Gasteiger partial charge in [0.1, 0.15) is 17.7 Å². The summed E-state index contributed by atoms with van der Waals surface area (Å²) >= 11 is 1.75. The van der Waals surface area contributed by atoms with E-state index in [9.17, 15) is 10.5 Å². The summed E-state index contributed by atoms with van der Waals surface area (Å²) in [7, 11) is 0. The molecule has 1 heterocycles. The largest absolute Gasteiger partial charge is 0.335 e. The molecule has 0 saturated heterocycles. The number of nitrogens with zero attached hydrogens (tertiary/aromatic N) is 3. The number of benzene rings is 2. The molecular weight excluding hydrogens is 350 g/mol. The Kier molecular flexibility index (Phi) is 4.59. The van der Waals surface area contributed by atoms with Crippen LogP contribution in [-0.2, 0) is 6.42 Å². The molecule has 0 aromatic heterocycles. The molecule has 0 radical (unpaired) electrons. The molecule has 2 aliphatic rings. The number of thioether (sulfide) groups is 1. The van der Waals surface area contributed by atoms with Crippen LogP contribution in [0, 0.1) is 22.7 Å². The van der Waals surface area contributed by atoms with Crippen molar-refractivity contribution in [1.82, 2.24) is 0 Å². The number of para-hydroxylation sites is 1. The van der Waals surface area contributed by atoms with E-state index in [1.807, 2.05) is 18.2 Å². The van der Waals surface area contributed by atoms with Crippen LogP contribution >= 0.6 is 11.8 Å². The van der Waals surface area contributed by atoms with E-state index in [0.29, 0.717) is 0 Å². The average Bonchev–Trinajstić information content (AvgIpc) is 3.25. The highest BCUT2D eigenvalue weighted by molar-refractivity contribution is 8.03. The lowest BCUT2D eigenvalue weighted by Gasteiger charge is -2.17. The summed E-state index contributed by atoms with van der Waals surface area (Å²) in [5, 5.41) is 20.0. The summed E-state index contributed by atoms with van der Waals surface area (Å²) in [5.74, 6) is 0. The molecule has 2 aromatic rings. The van der Waals surface area contributed by atoms with Crippen molar-refractivity contribution in [2.75, 3.05) is 11.4 Å². The molecule has 0 spiro atoms. The third kappa shape index (κ3) is 2.95. The average molecular weight is 367 g/mol. The van der Waals surface area contributed by atoms with Crippen LogP contribution in [0.1, 0.15) is 18.1 Å². The molecule has 0 bridgehead atoms. The Morgan fingerprint density at radius 2 is 1.81 bits per heavy atom. The fraction of sp³-hybridized carbons (Fsp3) is 0.130. The molecule has 2 aromatic carbocycles. The van der Waals surface area contributed by atoms with Gasteiger partial charge in [0.25, 0.3) is 0 Å². The highest BCUT2D eigenvalue weighted by atomic mass is 32.2. The van der Waals surface area contributed by atoms with Crippen molar-refractivity contribution in [3.63, 3.8) is 0 Å². The molecule has 0 fully saturated rings. The van der Waals surface area contributed by atoms with Gasteiger partial charge in [-0.25, -0.2) is 0 Å². The summed E-state index contributed by atoms with van der Waals surface area (Å²) in [6.07, 6.45) is 4.93. The summed E-state index contributed by atoms with van der Waals surface area (Å²) in [6.45, 7) is 3.04. The van der Waals surface area contributed by atoms with E-state index in [1.165, 1.54) is 10.6 Å². The van der Waals surface area contributed by atoms with Crippen LogP contribution in [0.4, 0.5) is 5.69 Å². The van der Waals surface area contributed by atoms with E-state index in [0.717, 1.165) is 40.3 Å². The first-order valence-corrected chi connectivity index (χ1v) is 9.66. The molecule has 4 heteroatoms. The van der Waals surface area contributed by atoms with Crippen LogP contribution in [0.5, 0.6) is 0 Å². The van der Waals surface area contributed by atoms with Crippen LogP contribution in [0.2, 0.25) is 0 Å². The van der Waals surface area contributed by atoms with Crippen molar-refractivity contribution in [2.24, 2.45) is 0 Å². The van der Waals surface area contributed by atoms with Gasteiger partial charge in [0, 0.05) is 17.0 Å². The molecule has 1 aliphatic heterocycles. The topological polar surface area (TPSA) is 50.8 Å². The second-order valence-electron chi connectivity index (χ2n) is 6.32. The number of hydrogen-bond acceptors (Lipinski definition) is 4. The molecular formula is C23H17N3S. The third-order valence-corrected chi connectivity index (χ3v) is 5.97. The molecule has 4 rings (SSSR count). The minimum Gasteiger partial charge on any atom is -0.335 e. The summed E-state index contributed by atoms with van der Waals surface area (Å²) < 4.78 is 0. The fourth-order valence-electron chi connectivity index (χ4n) is 3.63. The van der Waals surface area contributed by atoms with Gasteiger partial charge in [-0.05, 0) is 48.3 Å². The summed E-state index contributed by atoms with van der Waals surface area (Å²) in [4.78, 5) is 3.54. The van der Waals surface area contributed by atoms with E-state index in [2.05, 4.69) is 66.4 Å². The number of allylic oxidation sites excluding steroid dienone is 5. The highest BCUT2D eigenvalue weighted by Crippen LogP contribution is 2.46. The van der Waals surface area contributed by atoms with Crippen molar-refractivity contribution in [2.45, 2.75) is 18.2 Å². The van der Waals surface area contributed by atoms with Gasteiger partial charge in [-0.15, -0.1) is 0 Å². The Morgan fingerprint density at radius 1 is 1.07 bits per heavy atom. The number of rotatable bonds is 2. The Bertz CT molecular complexity index is 1080. The van der Waals surface area contributed by atoms with Crippen molar-refractivity contribution >= 4 is 23.0 Å². The van der Waals surface area contributed by atoms with Crippen LogP contribution in [0.25, 0.3) is 5.57 Å². The maximum Gasteiger partial charge on any atom is 0.137 e. The standard InChI is InChI=1S/C23H17N3S/c1-2-26-20-9-5-6-10-21(20)27-22(26)12-11-17-13-16-7-3-4-8-19(16)23(17)18(14-24)15-25/h3-12H,2,13H2,1H3/b17-11+,22-12-. The van der Waals surface area contributed by atoms with E-state index >= 15 is 0 Å². The van der Waals surface area contributed by atoms with Crippen LogP contribution < -0.4 is 4.90 Å². The lowest BCUT2D eigenvalue weighted by molar-refractivity contribution is 1.00. The number of fused-ring (bicyclic) bond motifs is 2. The van der Waals surface area contributed by atoms with Gasteiger partial charge in [0.05, 0.1) is 10.7 Å². The molecule has 3 nitrogen and oxygen atoms in total. The van der Waals surface area contributed by atoms with Gasteiger partial charge in [-0.3, -0.25) is 0 Å². The first-order valence-electron chi connectivity index (χ1n) is 8.85. The van der Waals surface area contributed by atoms with Crippen molar-refractivity contribution < 1.29 is 0 Å². The smallest absolute Gasteiger partial charge is 0.137 e. The van der Waals surface area contributed by atoms with Crippen molar-refractivity contribution in [1.29, 1.82) is 10.5 Å². The lowest BCUT2D eigenvalue weighted by atomic mass is 10.00. The number of hydrogen-bond donors (Lipinski definition) is 0. The van der Waals surface area contributed by atoms with Crippen molar-refractivity contribution in [3.8, 4) is 12.1 Å². The van der Waals surface area contributed by atoms with Gasteiger partial charge in [0.2, 0.25) is 0 Å². The zero-order chi connectivity index (χ0) is 18.8.